The smallest absolute Gasteiger partial charge is 0.408 e. The first kappa shape index (κ1) is 10.6. The van der Waals surface area contributed by atoms with E-state index in [4.69, 9.17) is 4.74 Å². The van der Waals surface area contributed by atoms with E-state index in [-0.39, 0.29) is 6.10 Å². The summed E-state index contributed by atoms with van der Waals surface area (Å²) in [6.45, 7) is 5.11. The molecule has 1 aromatic rings. The van der Waals surface area contributed by atoms with Gasteiger partial charge in [-0.1, -0.05) is 30.3 Å². The van der Waals surface area contributed by atoms with Gasteiger partial charge in [-0.25, -0.2) is 4.79 Å². The average molecular weight is 192 g/mol. The van der Waals surface area contributed by atoms with Gasteiger partial charge < -0.3 is 10.1 Å². The van der Waals surface area contributed by atoms with E-state index in [9.17, 15) is 4.79 Å². The highest BCUT2D eigenvalue weighted by atomic mass is 16.6. The van der Waals surface area contributed by atoms with Crippen LogP contribution in [0.5, 0.6) is 0 Å². The third-order valence-electron chi connectivity index (χ3n) is 1.81. The molecule has 1 atom stereocenters. The third-order valence-corrected chi connectivity index (χ3v) is 1.81. The Labute approximate surface area is 84.1 Å². The Morgan fingerprint density at radius 2 is 2.07 bits per heavy atom. The summed E-state index contributed by atoms with van der Waals surface area (Å²) in [4.78, 5) is 11.1. The van der Waals surface area contributed by atoms with Crippen molar-refractivity contribution in [2.75, 3.05) is 0 Å². The Morgan fingerprint density at radius 3 is 2.64 bits per heavy atom. The van der Waals surface area contributed by atoms with Crippen LogP contribution in [0.25, 0.3) is 0 Å². The molecule has 1 unspecified atom stereocenters. The number of amides is 1. The fourth-order valence-corrected chi connectivity index (χ4v) is 1.10. The Bertz CT molecular complexity index is 285. The largest absolute Gasteiger partial charge is 0.442 e. The second-order valence-corrected chi connectivity index (χ2v) is 2.89. The van der Waals surface area contributed by atoms with Crippen molar-refractivity contribution in [3.05, 3.63) is 42.4 Å². The molecule has 0 heterocycles. The van der Waals surface area contributed by atoms with Crippen molar-refractivity contribution in [3.63, 3.8) is 0 Å². The topological polar surface area (TPSA) is 38.3 Å². The van der Waals surface area contributed by atoms with Crippen molar-refractivity contribution in [1.29, 1.82) is 0 Å². The summed E-state index contributed by atoms with van der Waals surface area (Å²) < 4.78 is 5.10. The van der Waals surface area contributed by atoms with Gasteiger partial charge in [0.05, 0.1) is 0 Å². The first-order valence-electron chi connectivity index (χ1n) is 4.54. The highest BCUT2D eigenvalue weighted by molar-refractivity contribution is 5.68. The minimum absolute atomic E-state index is 0.226. The fraction of sp³-hybridized carbons (Fsp3) is 0.273. The first-order valence-corrected chi connectivity index (χ1v) is 4.54. The van der Waals surface area contributed by atoms with Gasteiger partial charge in [0.2, 0.25) is 0 Å². The number of ether oxygens (including phenoxy) is 1. The lowest BCUT2D eigenvalue weighted by molar-refractivity contribution is 0.109. The van der Waals surface area contributed by atoms with Gasteiger partial charge in [-0.2, -0.15) is 0 Å². The van der Waals surface area contributed by atoms with Crippen molar-refractivity contribution < 1.29 is 9.53 Å². The van der Waals surface area contributed by atoms with Crippen LogP contribution >= 0.6 is 0 Å². The number of benzene rings is 1. The zero-order valence-corrected chi connectivity index (χ0v) is 8.36. The second kappa shape index (κ2) is 5.27. The molecule has 0 aliphatic carbocycles. The molecule has 1 aromatic carbocycles. The standard InChI is InChI=1S/C11H14NO2/c1-3-12-11(13)14-9(2)10-7-5-4-6-8-10/h3-9H,1-2H3,(H,12,13). The minimum atomic E-state index is -0.427. The zero-order chi connectivity index (χ0) is 10.4. The highest BCUT2D eigenvalue weighted by Gasteiger charge is 2.09. The van der Waals surface area contributed by atoms with Gasteiger partial charge in [0, 0.05) is 6.54 Å². The quantitative estimate of drug-likeness (QED) is 0.799. The van der Waals surface area contributed by atoms with Crippen LogP contribution in [0, 0.1) is 6.54 Å². The maximum Gasteiger partial charge on any atom is 0.408 e. The fourth-order valence-electron chi connectivity index (χ4n) is 1.10. The van der Waals surface area contributed by atoms with E-state index in [0.717, 1.165) is 5.56 Å². The molecule has 14 heavy (non-hydrogen) atoms. The molecular weight excluding hydrogens is 178 g/mol. The zero-order valence-electron chi connectivity index (χ0n) is 8.36. The lowest BCUT2D eigenvalue weighted by Gasteiger charge is -2.13. The Kier molecular flexibility index (Phi) is 3.98. The predicted octanol–water partition coefficient (Wildman–Crippen LogP) is 2.66. The first-order chi connectivity index (χ1) is 6.74. The predicted molar refractivity (Wildman–Crippen MR) is 54.4 cm³/mol. The second-order valence-electron chi connectivity index (χ2n) is 2.89. The van der Waals surface area contributed by atoms with Gasteiger partial charge in [0.15, 0.2) is 0 Å². The molecule has 0 spiro atoms. The molecule has 0 aliphatic rings. The van der Waals surface area contributed by atoms with Crippen LogP contribution in [0.1, 0.15) is 25.5 Å². The molecule has 0 bridgehead atoms. The number of carbonyl (C=O) groups is 1. The Morgan fingerprint density at radius 1 is 1.43 bits per heavy atom. The SMILES string of the molecule is C[CH]NC(=O)OC(C)c1ccccc1. The van der Waals surface area contributed by atoms with Crippen LogP contribution in [-0.2, 0) is 4.74 Å². The summed E-state index contributed by atoms with van der Waals surface area (Å²) in [5.41, 5.74) is 0.985. The number of rotatable bonds is 3. The average Bonchev–Trinajstić information content (AvgIpc) is 2.19. The van der Waals surface area contributed by atoms with Gasteiger partial charge in [0.25, 0.3) is 0 Å². The van der Waals surface area contributed by atoms with Crippen LogP contribution in [0.4, 0.5) is 4.79 Å². The Hall–Kier alpha value is -1.51. The molecule has 1 rings (SSSR count). The molecule has 3 nitrogen and oxygen atoms in total. The lowest BCUT2D eigenvalue weighted by Crippen LogP contribution is -2.21. The number of nitrogens with one attached hydrogen (secondary N) is 1. The molecule has 1 N–H and O–H groups in total. The molecule has 0 saturated heterocycles. The van der Waals surface area contributed by atoms with E-state index in [1.54, 1.807) is 13.5 Å². The van der Waals surface area contributed by atoms with Crippen LogP contribution in [0.3, 0.4) is 0 Å². The van der Waals surface area contributed by atoms with E-state index >= 15 is 0 Å². The summed E-state index contributed by atoms with van der Waals surface area (Å²) in [6, 6.07) is 9.61. The van der Waals surface area contributed by atoms with Crippen LogP contribution in [0.2, 0.25) is 0 Å². The van der Waals surface area contributed by atoms with Gasteiger partial charge in [-0.15, -0.1) is 0 Å². The monoisotopic (exact) mass is 192 g/mol. The summed E-state index contributed by atoms with van der Waals surface area (Å²) in [5.74, 6) is 0. The highest BCUT2D eigenvalue weighted by Crippen LogP contribution is 2.15. The van der Waals surface area contributed by atoms with Crippen molar-refractivity contribution >= 4 is 6.09 Å². The van der Waals surface area contributed by atoms with E-state index in [2.05, 4.69) is 5.32 Å². The van der Waals surface area contributed by atoms with Gasteiger partial charge in [-0.05, 0) is 19.4 Å². The molecule has 1 radical (unpaired) electrons. The molecule has 1 amide bonds. The summed E-state index contributed by atoms with van der Waals surface area (Å²) >= 11 is 0. The van der Waals surface area contributed by atoms with E-state index in [1.807, 2.05) is 37.3 Å². The van der Waals surface area contributed by atoms with Crippen LogP contribution < -0.4 is 5.32 Å². The lowest BCUT2D eigenvalue weighted by atomic mass is 10.1. The molecule has 0 aliphatic heterocycles. The molecule has 0 saturated carbocycles. The van der Waals surface area contributed by atoms with Crippen LogP contribution in [0.15, 0.2) is 30.3 Å². The Balaban J connectivity index is 2.50. The number of alkyl carbamates (subject to hydrolysis) is 1. The van der Waals surface area contributed by atoms with Crippen LogP contribution in [-0.4, -0.2) is 6.09 Å². The van der Waals surface area contributed by atoms with Gasteiger partial charge >= 0.3 is 6.09 Å². The molecule has 0 aromatic heterocycles. The van der Waals surface area contributed by atoms with Gasteiger partial charge in [0.1, 0.15) is 6.10 Å². The third kappa shape index (κ3) is 3.09. The molecule has 0 fully saturated rings. The molecule has 3 heteroatoms. The maximum atomic E-state index is 11.1. The summed E-state index contributed by atoms with van der Waals surface area (Å²) in [6.07, 6.45) is -0.653. The van der Waals surface area contributed by atoms with Crippen molar-refractivity contribution in [2.45, 2.75) is 20.0 Å². The summed E-state index contributed by atoms with van der Waals surface area (Å²) in [7, 11) is 0. The maximum absolute atomic E-state index is 11.1. The minimum Gasteiger partial charge on any atom is -0.442 e. The van der Waals surface area contributed by atoms with E-state index < -0.39 is 6.09 Å². The van der Waals surface area contributed by atoms with E-state index in [1.165, 1.54) is 0 Å². The van der Waals surface area contributed by atoms with Crippen molar-refractivity contribution in [2.24, 2.45) is 0 Å². The normalized spacial score (nSPS) is 11.9. The van der Waals surface area contributed by atoms with Crippen molar-refractivity contribution in [1.82, 2.24) is 5.32 Å². The van der Waals surface area contributed by atoms with Crippen molar-refractivity contribution in [3.8, 4) is 0 Å². The van der Waals surface area contributed by atoms with E-state index in [0.29, 0.717) is 0 Å². The summed E-state index contributed by atoms with van der Waals surface area (Å²) in [5, 5.41) is 2.46. The molecular formula is C11H14NO2. The number of hydrogen-bond acceptors (Lipinski definition) is 2. The number of hydrogen-bond donors (Lipinski definition) is 1. The number of carbonyl (C=O) groups excluding carboxylic acids is 1. The molecule has 75 valence electrons. The van der Waals surface area contributed by atoms with Gasteiger partial charge in [-0.3, -0.25) is 0 Å².